The van der Waals surface area contributed by atoms with Crippen LogP contribution in [0.3, 0.4) is 0 Å². The van der Waals surface area contributed by atoms with Gasteiger partial charge in [0.15, 0.2) is 6.61 Å². The number of nitrogens with one attached hydrogen (secondary N) is 1. The highest BCUT2D eigenvalue weighted by molar-refractivity contribution is 6.35. The molecule has 0 unspecified atom stereocenters. The molecule has 0 radical (unpaired) electrons. The summed E-state index contributed by atoms with van der Waals surface area (Å²) in [6, 6.07) is 11.0. The fraction of sp³-hybridized carbons (Fsp3) is 0.364. The molecular formula is C22H25Cl3N2O3. The first-order chi connectivity index (χ1) is 14.2. The third-order valence-electron chi connectivity index (χ3n) is 4.70. The average molecular weight is 472 g/mol. The number of halogens is 3. The van der Waals surface area contributed by atoms with Crippen LogP contribution >= 0.6 is 34.8 Å². The number of carbonyl (C=O) groups excluding carboxylic acids is 2. The number of ether oxygens (including phenoxy) is 1. The zero-order valence-corrected chi connectivity index (χ0v) is 19.4. The Kier molecular flexibility index (Phi) is 9.28. The fourth-order valence-electron chi connectivity index (χ4n) is 2.64. The molecule has 0 heterocycles. The van der Waals surface area contributed by atoms with Gasteiger partial charge in [-0.15, -0.1) is 0 Å². The van der Waals surface area contributed by atoms with Crippen molar-refractivity contribution in [2.24, 2.45) is 0 Å². The quantitative estimate of drug-likeness (QED) is 0.536. The van der Waals surface area contributed by atoms with E-state index < -0.39 is 6.04 Å². The van der Waals surface area contributed by atoms with Gasteiger partial charge in [0.05, 0.1) is 0 Å². The van der Waals surface area contributed by atoms with Crippen molar-refractivity contribution in [3.8, 4) is 5.75 Å². The van der Waals surface area contributed by atoms with E-state index in [1.165, 1.54) is 4.90 Å². The molecule has 162 valence electrons. The lowest BCUT2D eigenvalue weighted by Gasteiger charge is -2.30. The van der Waals surface area contributed by atoms with Crippen molar-refractivity contribution in [3.05, 3.63) is 63.1 Å². The highest BCUT2D eigenvalue weighted by Crippen LogP contribution is 2.23. The molecule has 0 spiro atoms. The van der Waals surface area contributed by atoms with Crippen LogP contribution in [0.2, 0.25) is 15.1 Å². The third kappa shape index (κ3) is 7.08. The maximum absolute atomic E-state index is 13.0. The van der Waals surface area contributed by atoms with E-state index in [1.54, 1.807) is 49.4 Å². The maximum atomic E-state index is 13.0. The molecule has 0 aliphatic heterocycles. The van der Waals surface area contributed by atoms with Gasteiger partial charge in [-0.05, 0) is 62.2 Å². The number of carbonyl (C=O) groups is 2. The Morgan fingerprint density at radius 3 is 2.27 bits per heavy atom. The largest absolute Gasteiger partial charge is 0.484 e. The van der Waals surface area contributed by atoms with Crippen LogP contribution in [0.4, 0.5) is 0 Å². The van der Waals surface area contributed by atoms with Crippen molar-refractivity contribution in [1.82, 2.24) is 10.2 Å². The van der Waals surface area contributed by atoms with Gasteiger partial charge >= 0.3 is 0 Å². The van der Waals surface area contributed by atoms with Gasteiger partial charge in [0, 0.05) is 27.7 Å². The predicted molar refractivity (Wildman–Crippen MR) is 121 cm³/mol. The molecule has 0 aliphatic rings. The Morgan fingerprint density at radius 2 is 1.67 bits per heavy atom. The Morgan fingerprint density at radius 1 is 1.03 bits per heavy atom. The van der Waals surface area contributed by atoms with Crippen molar-refractivity contribution in [1.29, 1.82) is 0 Å². The minimum Gasteiger partial charge on any atom is -0.484 e. The SMILES string of the molecule is CC[C@H](C)NC(=O)[C@@H](C)N(Cc1ccc(Cl)cc1Cl)C(=O)COc1ccc(Cl)cc1. The van der Waals surface area contributed by atoms with E-state index >= 15 is 0 Å². The Hall–Kier alpha value is -1.95. The molecule has 2 aromatic carbocycles. The van der Waals surface area contributed by atoms with E-state index in [4.69, 9.17) is 39.5 Å². The van der Waals surface area contributed by atoms with Crippen LogP contribution in [0.1, 0.15) is 32.8 Å². The fourth-order valence-corrected chi connectivity index (χ4v) is 3.23. The summed E-state index contributed by atoms with van der Waals surface area (Å²) in [5.74, 6) is -0.0778. The van der Waals surface area contributed by atoms with Gasteiger partial charge in [-0.1, -0.05) is 47.8 Å². The molecule has 30 heavy (non-hydrogen) atoms. The van der Waals surface area contributed by atoms with Gasteiger partial charge in [0.25, 0.3) is 5.91 Å². The van der Waals surface area contributed by atoms with Crippen molar-refractivity contribution >= 4 is 46.6 Å². The molecule has 8 heteroatoms. The molecule has 1 N–H and O–H groups in total. The second-order valence-corrected chi connectivity index (χ2v) is 8.27. The highest BCUT2D eigenvalue weighted by atomic mass is 35.5. The predicted octanol–water partition coefficient (Wildman–Crippen LogP) is 5.36. The molecule has 0 fully saturated rings. The Bertz CT molecular complexity index is 874. The van der Waals surface area contributed by atoms with Gasteiger partial charge in [0.2, 0.25) is 5.91 Å². The summed E-state index contributed by atoms with van der Waals surface area (Å²) < 4.78 is 5.59. The molecule has 0 saturated heterocycles. The van der Waals surface area contributed by atoms with Crippen molar-refractivity contribution in [3.63, 3.8) is 0 Å². The second-order valence-electron chi connectivity index (χ2n) is 6.99. The van der Waals surface area contributed by atoms with E-state index in [-0.39, 0.29) is 31.0 Å². The summed E-state index contributed by atoms with van der Waals surface area (Å²) in [6.45, 7) is 5.49. The average Bonchev–Trinajstić information content (AvgIpc) is 2.72. The normalized spacial score (nSPS) is 12.7. The zero-order chi connectivity index (χ0) is 22.3. The summed E-state index contributed by atoms with van der Waals surface area (Å²) in [6.07, 6.45) is 0.787. The van der Waals surface area contributed by atoms with E-state index in [0.29, 0.717) is 26.4 Å². The first-order valence-electron chi connectivity index (χ1n) is 9.63. The summed E-state index contributed by atoms with van der Waals surface area (Å²) in [5, 5.41) is 4.40. The van der Waals surface area contributed by atoms with Crippen molar-refractivity contribution in [2.45, 2.75) is 45.8 Å². The molecule has 0 aliphatic carbocycles. The van der Waals surface area contributed by atoms with Crippen LogP contribution in [0, 0.1) is 0 Å². The molecule has 0 saturated carbocycles. The lowest BCUT2D eigenvalue weighted by atomic mass is 10.1. The molecule has 2 rings (SSSR count). The first kappa shape index (κ1) is 24.3. The maximum Gasteiger partial charge on any atom is 0.261 e. The molecule has 2 atom stereocenters. The lowest BCUT2D eigenvalue weighted by molar-refractivity contribution is -0.142. The van der Waals surface area contributed by atoms with E-state index in [9.17, 15) is 9.59 Å². The standard InChI is InChI=1S/C22H25Cl3N2O3/c1-4-14(2)26-22(29)15(3)27(12-16-5-6-18(24)11-20(16)25)21(28)13-30-19-9-7-17(23)8-10-19/h5-11,14-15H,4,12-13H2,1-3H3,(H,26,29)/t14-,15+/m0/s1. The van der Waals surface area contributed by atoms with Crippen LogP contribution in [0.25, 0.3) is 0 Å². The molecular weight excluding hydrogens is 447 g/mol. The summed E-state index contributed by atoms with van der Waals surface area (Å²) in [7, 11) is 0. The van der Waals surface area contributed by atoms with Gasteiger partial charge < -0.3 is 15.0 Å². The molecule has 2 amide bonds. The number of hydrogen-bond donors (Lipinski definition) is 1. The van der Waals surface area contributed by atoms with Gasteiger partial charge in [-0.3, -0.25) is 9.59 Å². The van der Waals surface area contributed by atoms with Crippen LogP contribution in [-0.4, -0.2) is 35.4 Å². The summed E-state index contributed by atoms with van der Waals surface area (Å²) in [5.41, 5.74) is 0.684. The minimum atomic E-state index is -0.716. The van der Waals surface area contributed by atoms with E-state index in [2.05, 4.69) is 5.32 Å². The third-order valence-corrected chi connectivity index (χ3v) is 5.54. The van der Waals surface area contributed by atoms with Gasteiger partial charge in [0.1, 0.15) is 11.8 Å². The van der Waals surface area contributed by atoms with Crippen molar-refractivity contribution < 1.29 is 14.3 Å². The number of hydrogen-bond acceptors (Lipinski definition) is 3. The lowest BCUT2D eigenvalue weighted by Crippen LogP contribution is -2.50. The Balaban J connectivity index is 2.18. The molecule has 5 nitrogen and oxygen atoms in total. The minimum absolute atomic E-state index is 0.00124. The number of rotatable bonds is 9. The zero-order valence-electron chi connectivity index (χ0n) is 17.1. The van der Waals surface area contributed by atoms with Crippen LogP contribution in [0.15, 0.2) is 42.5 Å². The monoisotopic (exact) mass is 470 g/mol. The highest BCUT2D eigenvalue weighted by Gasteiger charge is 2.27. The van der Waals surface area contributed by atoms with E-state index in [1.807, 2.05) is 13.8 Å². The summed E-state index contributed by atoms with van der Waals surface area (Å²) >= 11 is 18.1. The van der Waals surface area contributed by atoms with E-state index in [0.717, 1.165) is 6.42 Å². The van der Waals surface area contributed by atoms with Crippen LogP contribution in [0.5, 0.6) is 5.75 Å². The second kappa shape index (κ2) is 11.4. The molecule has 0 bridgehead atoms. The number of nitrogens with zero attached hydrogens (tertiary/aromatic N) is 1. The smallest absolute Gasteiger partial charge is 0.261 e. The summed E-state index contributed by atoms with van der Waals surface area (Å²) in [4.78, 5) is 27.1. The first-order valence-corrected chi connectivity index (χ1v) is 10.8. The van der Waals surface area contributed by atoms with Crippen LogP contribution in [-0.2, 0) is 16.1 Å². The topological polar surface area (TPSA) is 58.6 Å². The Labute approximate surface area is 192 Å². The van der Waals surface area contributed by atoms with Crippen LogP contribution < -0.4 is 10.1 Å². The van der Waals surface area contributed by atoms with Gasteiger partial charge in [-0.2, -0.15) is 0 Å². The van der Waals surface area contributed by atoms with Crippen molar-refractivity contribution in [2.75, 3.05) is 6.61 Å². The number of benzene rings is 2. The van der Waals surface area contributed by atoms with Gasteiger partial charge in [-0.25, -0.2) is 0 Å². The number of amides is 2. The molecule has 2 aromatic rings. The molecule has 0 aromatic heterocycles.